The van der Waals surface area contributed by atoms with E-state index in [4.69, 9.17) is 0 Å². The summed E-state index contributed by atoms with van der Waals surface area (Å²) in [6.07, 6.45) is -3.88. The first-order valence-corrected chi connectivity index (χ1v) is 7.13. The van der Waals surface area contributed by atoms with E-state index >= 15 is 0 Å². The summed E-state index contributed by atoms with van der Waals surface area (Å²) in [4.78, 5) is 13.9. The first kappa shape index (κ1) is 18.0. The summed E-state index contributed by atoms with van der Waals surface area (Å²) in [7, 11) is 3.74. The van der Waals surface area contributed by atoms with Crippen LogP contribution in [-0.2, 0) is 6.54 Å². The van der Waals surface area contributed by atoms with E-state index in [1.54, 1.807) is 0 Å². The van der Waals surface area contributed by atoms with Gasteiger partial charge in [0.25, 0.3) is 5.56 Å². The molecule has 120 valence electrons. The third kappa shape index (κ3) is 6.04. The van der Waals surface area contributed by atoms with Crippen molar-refractivity contribution < 1.29 is 13.2 Å². The number of aromatic nitrogens is 2. The molecule has 9 heteroatoms. The largest absolute Gasteiger partial charge is 0.391 e. The molecule has 0 aliphatic heterocycles. The molecule has 0 aliphatic rings. The Balaban J connectivity index is 2.82. The van der Waals surface area contributed by atoms with Crippen LogP contribution < -0.4 is 10.9 Å². The van der Waals surface area contributed by atoms with Crippen LogP contribution in [0.2, 0.25) is 0 Å². The van der Waals surface area contributed by atoms with Crippen LogP contribution in [-0.4, -0.2) is 47.5 Å². The van der Waals surface area contributed by atoms with Gasteiger partial charge in [-0.25, -0.2) is 4.68 Å². The highest BCUT2D eigenvalue weighted by Gasteiger charge is 2.30. The van der Waals surface area contributed by atoms with Gasteiger partial charge in [-0.05, 0) is 36.9 Å². The Labute approximate surface area is 129 Å². The number of likely N-dealkylation sites (N-methyl/N-ethyl adjacent to an activating group) is 1. The average Bonchev–Trinajstić information content (AvgIpc) is 2.31. The number of hydrogen-bond acceptors (Lipinski definition) is 4. The van der Waals surface area contributed by atoms with Crippen molar-refractivity contribution >= 4 is 21.6 Å². The van der Waals surface area contributed by atoms with Crippen LogP contribution in [0.25, 0.3) is 0 Å². The van der Waals surface area contributed by atoms with Crippen molar-refractivity contribution in [2.45, 2.75) is 32.1 Å². The fraction of sp³-hybridized carbons (Fsp3) is 0.667. The highest BCUT2D eigenvalue weighted by Crippen LogP contribution is 2.24. The van der Waals surface area contributed by atoms with Crippen molar-refractivity contribution in [1.29, 1.82) is 0 Å². The number of halogens is 4. The number of nitrogens with one attached hydrogen (secondary N) is 1. The molecular weight excluding hydrogens is 353 g/mol. The van der Waals surface area contributed by atoms with E-state index in [2.05, 4.69) is 26.3 Å². The molecule has 0 saturated heterocycles. The Bertz CT molecular complexity index is 530. The molecule has 1 rings (SSSR count). The summed E-state index contributed by atoms with van der Waals surface area (Å²) in [6, 6.07) is -0.847. The van der Waals surface area contributed by atoms with E-state index in [0.717, 1.165) is 0 Å². The van der Waals surface area contributed by atoms with Gasteiger partial charge in [0.2, 0.25) is 0 Å². The van der Waals surface area contributed by atoms with E-state index in [0.29, 0.717) is 13.1 Å². The summed E-state index contributed by atoms with van der Waals surface area (Å²) in [6.45, 7) is 2.44. The third-order valence-electron chi connectivity index (χ3n) is 2.68. The molecule has 1 heterocycles. The minimum absolute atomic E-state index is 0.185. The van der Waals surface area contributed by atoms with Crippen LogP contribution in [0.1, 0.15) is 13.3 Å². The van der Waals surface area contributed by atoms with Crippen LogP contribution in [0.5, 0.6) is 0 Å². The number of alkyl halides is 3. The average molecular weight is 371 g/mol. The van der Waals surface area contributed by atoms with Crippen molar-refractivity contribution in [3.63, 3.8) is 0 Å². The molecule has 0 bridgehead atoms. The molecule has 1 unspecified atom stereocenters. The van der Waals surface area contributed by atoms with Crippen LogP contribution in [0, 0.1) is 0 Å². The summed E-state index contributed by atoms with van der Waals surface area (Å²) in [5.41, 5.74) is -0.112. The fourth-order valence-electron chi connectivity index (χ4n) is 1.68. The molecule has 1 N–H and O–H groups in total. The summed E-state index contributed by atoms with van der Waals surface area (Å²) in [5.74, 6) is 0. The van der Waals surface area contributed by atoms with Gasteiger partial charge in [0, 0.05) is 12.6 Å². The van der Waals surface area contributed by atoms with Gasteiger partial charge in [-0.15, -0.1) is 0 Å². The van der Waals surface area contributed by atoms with Gasteiger partial charge in [-0.2, -0.15) is 18.3 Å². The second-order valence-corrected chi connectivity index (χ2v) is 5.86. The monoisotopic (exact) mass is 370 g/mol. The second kappa shape index (κ2) is 7.26. The van der Waals surface area contributed by atoms with Gasteiger partial charge >= 0.3 is 6.18 Å². The molecule has 0 saturated carbocycles. The maximum Gasteiger partial charge on any atom is 0.391 e. The summed E-state index contributed by atoms with van der Waals surface area (Å²) >= 11 is 3.12. The van der Waals surface area contributed by atoms with E-state index in [-0.39, 0.29) is 15.7 Å². The normalized spacial score (nSPS) is 13.5. The van der Waals surface area contributed by atoms with Crippen molar-refractivity contribution in [3.8, 4) is 0 Å². The van der Waals surface area contributed by atoms with Crippen molar-refractivity contribution in [1.82, 2.24) is 14.7 Å². The first-order chi connectivity index (χ1) is 9.60. The first-order valence-electron chi connectivity index (χ1n) is 6.34. The van der Waals surface area contributed by atoms with Gasteiger partial charge in [0.1, 0.15) is 4.47 Å². The molecule has 0 aliphatic carbocycles. The van der Waals surface area contributed by atoms with Crippen LogP contribution in [0.3, 0.4) is 0 Å². The molecular formula is C12H18BrF3N4O. The van der Waals surface area contributed by atoms with Crippen LogP contribution in [0.4, 0.5) is 18.9 Å². The standard InChI is InChI=1S/C12H18BrF3N4O/c1-8(6-12(14,15)16)18-9-7-17-20(5-4-19(2)3)11(21)10(9)13/h7-8,18H,4-6H2,1-3H3. The third-order valence-corrected chi connectivity index (χ3v) is 3.45. The van der Waals surface area contributed by atoms with Gasteiger partial charge in [0.05, 0.1) is 24.8 Å². The molecule has 0 aromatic carbocycles. The quantitative estimate of drug-likeness (QED) is 0.834. The van der Waals surface area contributed by atoms with E-state index in [1.807, 2.05) is 19.0 Å². The zero-order chi connectivity index (χ0) is 16.2. The smallest absolute Gasteiger partial charge is 0.380 e. The van der Waals surface area contributed by atoms with Crippen molar-refractivity contribution in [3.05, 3.63) is 21.0 Å². The lowest BCUT2D eigenvalue weighted by atomic mass is 10.2. The number of hydrogen-bond donors (Lipinski definition) is 1. The van der Waals surface area contributed by atoms with Crippen LogP contribution in [0.15, 0.2) is 15.5 Å². The zero-order valence-corrected chi connectivity index (χ0v) is 13.6. The molecule has 5 nitrogen and oxygen atoms in total. The number of nitrogens with zero attached hydrogens (tertiary/aromatic N) is 3. The van der Waals surface area contributed by atoms with Gasteiger partial charge < -0.3 is 10.2 Å². The predicted molar refractivity (Wildman–Crippen MR) is 78.5 cm³/mol. The van der Waals surface area contributed by atoms with Crippen LogP contribution >= 0.6 is 15.9 Å². The molecule has 0 fully saturated rings. The van der Waals surface area contributed by atoms with Crippen molar-refractivity contribution in [2.24, 2.45) is 0 Å². The molecule has 0 spiro atoms. The highest BCUT2D eigenvalue weighted by atomic mass is 79.9. The molecule has 1 aromatic rings. The zero-order valence-electron chi connectivity index (χ0n) is 12.0. The maximum atomic E-state index is 12.3. The van der Waals surface area contributed by atoms with E-state index in [1.165, 1.54) is 17.8 Å². The summed E-state index contributed by atoms with van der Waals surface area (Å²) < 4.78 is 38.3. The minimum Gasteiger partial charge on any atom is -0.380 e. The molecule has 21 heavy (non-hydrogen) atoms. The van der Waals surface area contributed by atoms with E-state index < -0.39 is 18.6 Å². The molecule has 1 aromatic heterocycles. The molecule has 1 atom stereocenters. The predicted octanol–water partition coefficient (Wildman–Crippen LogP) is 2.32. The van der Waals surface area contributed by atoms with Crippen molar-refractivity contribution in [2.75, 3.05) is 26.0 Å². The lowest BCUT2D eigenvalue weighted by Gasteiger charge is -2.18. The SMILES string of the molecule is CC(CC(F)(F)F)Nc1cnn(CCN(C)C)c(=O)c1Br. The number of anilines is 1. The fourth-order valence-corrected chi connectivity index (χ4v) is 2.10. The Kier molecular flexibility index (Phi) is 6.21. The Hall–Kier alpha value is -1.09. The second-order valence-electron chi connectivity index (χ2n) is 5.07. The Morgan fingerprint density at radius 3 is 2.62 bits per heavy atom. The maximum absolute atomic E-state index is 12.3. The highest BCUT2D eigenvalue weighted by molar-refractivity contribution is 9.10. The topological polar surface area (TPSA) is 50.2 Å². The molecule has 0 amide bonds. The van der Waals surface area contributed by atoms with E-state index in [9.17, 15) is 18.0 Å². The van der Waals surface area contributed by atoms with Gasteiger partial charge in [0.15, 0.2) is 0 Å². The molecule has 0 radical (unpaired) electrons. The Morgan fingerprint density at radius 2 is 2.10 bits per heavy atom. The lowest BCUT2D eigenvalue weighted by molar-refractivity contribution is -0.136. The van der Waals surface area contributed by atoms with Gasteiger partial charge in [-0.3, -0.25) is 4.79 Å². The summed E-state index contributed by atoms with van der Waals surface area (Å²) in [5, 5.41) is 6.61. The van der Waals surface area contributed by atoms with Gasteiger partial charge in [-0.1, -0.05) is 0 Å². The Morgan fingerprint density at radius 1 is 1.48 bits per heavy atom. The lowest BCUT2D eigenvalue weighted by Crippen LogP contribution is -2.30. The minimum atomic E-state index is -4.26. The number of rotatable bonds is 6.